The van der Waals surface area contributed by atoms with Crippen molar-refractivity contribution in [3.63, 3.8) is 0 Å². The first kappa shape index (κ1) is 15.0. The number of aryl methyl sites for hydroxylation is 1. The molecule has 110 valence electrons. The lowest BCUT2D eigenvalue weighted by molar-refractivity contribution is -0.121. The van der Waals surface area contributed by atoms with Crippen LogP contribution in [0.15, 0.2) is 41.5 Å². The summed E-state index contributed by atoms with van der Waals surface area (Å²) in [5.41, 5.74) is 6.93. The Morgan fingerprint density at radius 1 is 1.29 bits per heavy atom. The molecule has 0 atom stereocenters. The molecule has 1 N–H and O–H groups in total. The number of carbonyl (C=O) groups excluding carboxylic acids is 1. The van der Waals surface area contributed by atoms with E-state index in [9.17, 15) is 4.79 Å². The number of hydrazone groups is 1. The Balaban J connectivity index is 2.20. The number of para-hydroxylation sites is 1. The van der Waals surface area contributed by atoms with Crippen LogP contribution in [0.5, 0.6) is 0 Å². The normalized spacial score (nSPS) is 11.0. The van der Waals surface area contributed by atoms with E-state index in [4.69, 9.17) is 0 Å². The number of carbonyl (C=O) groups is 1. The molecule has 4 nitrogen and oxygen atoms in total. The molecule has 2 aromatic rings. The van der Waals surface area contributed by atoms with Gasteiger partial charge in [-0.3, -0.25) is 4.79 Å². The Bertz CT molecular complexity index is 642. The van der Waals surface area contributed by atoms with Gasteiger partial charge in [0.25, 0.3) is 0 Å². The van der Waals surface area contributed by atoms with Crippen molar-refractivity contribution in [1.29, 1.82) is 0 Å². The van der Waals surface area contributed by atoms with Gasteiger partial charge in [-0.1, -0.05) is 25.1 Å². The van der Waals surface area contributed by atoms with E-state index in [1.165, 1.54) is 0 Å². The minimum Gasteiger partial charge on any atom is -0.318 e. The van der Waals surface area contributed by atoms with Crippen LogP contribution in [-0.4, -0.2) is 16.7 Å². The van der Waals surface area contributed by atoms with Gasteiger partial charge in [0.15, 0.2) is 0 Å². The highest BCUT2D eigenvalue weighted by Crippen LogP contribution is 2.19. The van der Waals surface area contributed by atoms with Crippen LogP contribution >= 0.6 is 0 Å². The molecule has 0 spiro atoms. The molecule has 0 saturated carbocycles. The zero-order valence-corrected chi connectivity index (χ0v) is 12.8. The molecule has 0 aliphatic heterocycles. The van der Waals surface area contributed by atoms with Crippen LogP contribution < -0.4 is 5.43 Å². The van der Waals surface area contributed by atoms with Gasteiger partial charge in [-0.05, 0) is 38.5 Å². The number of nitrogens with one attached hydrogen (secondary N) is 1. The average molecular weight is 283 g/mol. The standard InChI is InChI=1S/C17H21N3O/c1-4-8-17(21)19-18-12-15-11-13(2)20(14(15)3)16-9-6-5-7-10-16/h5-7,9-12H,4,8H2,1-3H3,(H,19,21). The molecule has 1 heterocycles. The fourth-order valence-electron chi connectivity index (χ4n) is 2.35. The summed E-state index contributed by atoms with van der Waals surface area (Å²) in [4.78, 5) is 11.4. The predicted molar refractivity (Wildman–Crippen MR) is 85.9 cm³/mol. The molecule has 0 bridgehead atoms. The lowest BCUT2D eigenvalue weighted by atomic mass is 10.2. The highest BCUT2D eigenvalue weighted by Gasteiger charge is 2.08. The molecule has 0 saturated heterocycles. The van der Waals surface area contributed by atoms with Crippen LogP contribution in [0, 0.1) is 13.8 Å². The molecule has 0 fully saturated rings. The first-order chi connectivity index (χ1) is 10.1. The Labute approximate surface area is 125 Å². The van der Waals surface area contributed by atoms with Crippen molar-refractivity contribution in [3.05, 3.63) is 53.3 Å². The maximum absolute atomic E-state index is 11.4. The van der Waals surface area contributed by atoms with Crippen molar-refractivity contribution >= 4 is 12.1 Å². The van der Waals surface area contributed by atoms with E-state index in [-0.39, 0.29) is 5.91 Å². The quantitative estimate of drug-likeness (QED) is 0.664. The molecule has 0 radical (unpaired) electrons. The number of benzene rings is 1. The first-order valence-corrected chi connectivity index (χ1v) is 7.19. The van der Waals surface area contributed by atoms with Crippen LogP contribution in [0.3, 0.4) is 0 Å². The molecule has 1 aromatic carbocycles. The van der Waals surface area contributed by atoms with Crippen LogP contribution in [0.2, 0.25) is 0 Å². The fraction of sp³-hybridized carbons (Fsp3) is 0.294. The van der Waals surface area contributed by atoms with Crippen molar-refractivity contribution in [2.75, 3.05) is 0 Å². The molecule has 1 aromatic heterocycles. The number of aromatic nitrogens is 1. The van der Waals surface area contributed by atoms with E-state index >= 15 is 0 Å². The van der Waals surface area contributed by atoms with Crippen molar-refractivity contribution in [1.82, 2.24) is 9.99 Å². The first-order valence-electron chi connectivity index (χ1n) is 7.19. The topological polar surface area (TPSA) is 46.4 Å². The van der Waals surface area contributed by atoms with Gasteiger partial charge in [0, 0.05) is 29.1 Å². The molecule has 4 heteroatoms. The van der Waals surface area contributed by atoms with E-state index in [1.54, 1.807) is 6.21 Å². The SMILES string of the molecule is CCCC(=O)NN=Cc1cc(C)n(-c2ccccc2)c1C. The van der Waals surface area contributed by atoms with E-state index in [0.29, 0.717) is 6.42 Å². The summed E-state index contributed by atoms with van der Waals surface area (Å²) in [6.45, 7) is 6.08. The molecular weight excluding hydrogens is 262 g/mol. The Kier molecular flexibility index (Phi) is 4.93. The van der Waals surface area contributed by atoms with E-state index < -0.39 is 0 Å². The van der Waals surface area contributed by atoms with E-state index in [2.05, 4.69) is 47.1 Å². The Morgan fingerprint density at radius 3 is 2.67 bits per heavy atom. The number of amides is 1. The van der Waals surface area contributed by atoms with Gasteiger partial charge in [0.2, 0.25) is 5.91 Å². The number of hydrogen-bond donors (Lipinski definition) is 1. The number of nitrogens with zero attached hydrogens (tertiary/aromatic N) is 2. The minimum absolute atomic E-state index is 0.0504. The van der Waals surface area contributed by atoms with Crippen LogP contribution in [0.1, 0.15) is 36.7 Å². The van der Waals surface area contributed by atoms with Crippen molar-refractivity contribution in [2.45, 2.75) is 33.6 Å². The molecule has 21 heavy (non-hydrogen) atoms. The van der Waals surface area contributed by atoms with Gasteiger partial charge in [-0.25, -0.2) is 5.43 Å². The monoisotopic (exact) mass is 283 g/mol. The van der Waals surface area contributed by atoms with Crippen molar-refractivity contribution in [2.24, 2.45) is 5.10 Å². The van der Waals surface area contributed by atoms with Gasteiger partial charge >= 0.3 is 0 Å². The van der Waals surface area contributed by atoms with Gasteiger partial charge in [-0.2, -0.15) is 5.10 Å². The third-order valence-corrected chi connectivity index (χ3v) is 3.35. The van der Waals surface area contributed by atoms with Crippen LogP contribution in [0.4, 0.5) is 0 Å². The summed E-state index contributed by atoms with van der Waals surface area (Å²) in [5.74, 6) is -0.0504. The molecule has 2 rings (SSSR count). The fourth-order valence-corrected chi connectivity index (χ4v) is 2.35. The summed E-state index contributed by atoms with van der Waals surface area (Å²) < 4.78 is 2.18. The highest BCUT2D eigenvalue weighted by atomic mass is 16.2. The summed E-state index contributed by atoms with van der Waals surface area (Å²) in [5, 5.41) is 4.03. The summed E-state index contributed by atoms with van der Waals surface area (Å²) in [7, 11) is 0. The molecule has 1 amide bonds. The lowest BCUT2D eigenvalue weighted by Crippen LogP contribution is -2.16. The number of rotatable bonds is 5. The molecule has 0 aliphatic rings. The smallest absolute Gasteiger partial charge is 0.240 e. The predicted octanol–water partition coefficient (Wildman–Crippen LogP) is 3.34. The second-order valence-electron chi connectivity index (χ2n) is 5.04. The second-order valence-corrected chi connectivity index (χ2v) is 5.04. The molecule has 0 unspecified atom stereocenters. The van der Waals surface area contributed by atoms with Crippen LogP contribution in [0.25, 0.3) is 5.69 Å². The summed E-state index contributed by atoms with van der Waals surface area (Å²) >= 11 is 0. The minimum atomic E-state index is -0.0504. The third-order valence-electron chi connectivity index (χ3n) is 3.35. The highest BCUT2D eigenvalue weighted by molar-refractivity contribution is 5.84. The maximum Gasteiger partial charge on any atom is 0.240 e. The van der Waals surface area contributed by atoms with Crippen molar-refractivity contribution < 1.29 is 4.79 Å². The van der Waals surface area contributed by atoms with Gasteiger partial charge in [0.05, 0.1) is 6.21 Å². The van der Waals surface area contributed by atoms with E-state index in [0.717, 1.165) is 29.1 Å². The van der Waals surface area contributed by atoms with Gasteiger partial charge in [0.1, 0.15) is 0 Å². The van der Waals surface area contributed by atoms with Gasteiger partial charge < -0.3 is 4.57 Å². The van der Waals surface area contributed by atoms with Gasteiger partial charge in [-0.15, -0.1) is 0 Å². The number of hydrogen-bond acceptors (Lipinski definition) is 2. The largest absolute Gasteiger partial charge is 0.318 e. The molecular formula is C17H21N3O. The maximum atomic E-state index is 11.4. The lowest BCUT2D eigenvalue weighted by Gasteiger charge is -2.08. The van der Waals surface area contributed by atoms with E-state index in [1.807, 2.05) is 25.1 Å². The van der Waals surface area contributed by atoms with Crippen LogP contribution in [-0.2, 0) is 4.79 Å². The molecule has 0 aliphatic carbocycles. The summed E-state index contributed by atoms with van der Waals surface area (Å²) in [6.07, 6.45) is 3.03. The third kappa shape index (κ3) is 3.60. The van der Waals surface area contributed by atoms with Crippen molar-refractivity contribution in [3.8, 4) is 5.69 Å². The zero-order valence-electron chi connectivity index (χ0n) is 12.8. The second kappa shape index (κ2) is 6.88. The zero-order chi connectivity index (χ0) is 15.2. The summed E-state index contributed by atoms with van der Waals surface area (Å²) in [6, 6.07) is 12.3. The Hall–Kier alpha value is -2.36. The average Bonchev–Trinajstić information content (AvgIpc) is 2.75. The Morgan fingerprint density at radius 2 is 2.00 bits per heavy atom.